The molecule has 7 heteroatoms. The molecular formula is C20H24F3N3O. The van der Waals surface area contributed by atoms with Crippen LogP contribution in [0.2, 0.25) is 0 Å². The van der Waals surface area contributed by atoms with Crippen molar-refractivity contribution in [2.45, 2.75) is 25.1 Å². The Bertz CT molecular complexity index is 724. The lowest BCUT2D eigenvalue weighted by molar-refractivity contribution is -0.137. The molecule has 0 spiro atoms. The van der Waals surface area contributed by atoms with E-state index < -0.39 is 11.7 Å². The standard InChI is InChI=1S/C20H24F3N3O/c21-20(22,23)17-6-9-24-19(14-17)26-12-11-25(18(15-26)8-13-27)10-7-16-4-2-1-3-5-16/h1-6,9,14,18,27H,7-8,10-13,15H2. The Hall–Kier alpha value is -2.12. The zero-order valence-corrected chi connectivity index (χ0v) is 15.1. The summed E-state index contributed by atoms with van der Waals surface area (Å²) in [6.45, 7) is 2.82. The monoisotopic (exact) mass is 379 g/mol. The molecule has 1 fully saturated rings. The van der Waals surface area contributed by atoms with Crippen molar-refractivity contribution in [3.8, 4) is 0 Å². The topological polar surface area (TPSA) is 39.6 Å². The van der Waals surface area contributed by atoms with E-state index >= 15 is 0 Å². The summed E-state index contributed by atoms with van der Waals surface area (Å²) < 4.78 is 38.9. The third-order valence-corrected chi connectivity index (χ3v) is 4.99. The average molecular weight is 379 g/mol. The van der Waals surface area contributed by atoms with Crippen LogP contribution in [0, 0.1) is 0 Å². The van der Waals surface area contributed by atoms with Crippen LogP contribution in [0.4, 0.5) is 19.0 Å². The Labute approximate surface area is 157 Å². The molecule has 1 aromatic carbocycles. The van der Waals surface area contributed by atoms with Gasteiger partial charge in [-0.2, -0.15) is 13.2 Å². The molecule has 1 aliphatic rings. The number of pyridine rings is 1. The van der Waals surface area contributed by atoms with Crippen molar-refractivity contribution in [2.75, 3.05) is 37.7 Å². The Morgan fingerprint density at radius 2 is 1.89 bits per heavy atom. The van der Waals surface area contributed by atoms with E-state index in [2.05, 4.69) is 22.0 Å². The highest BCUT2D eigenvalue weighted by Crippen LogP contribution is 2.31. The third kappa shape index (κ3) is 5.20. The van der Waals surface area contributed by atoms with Crippen LogP contribution in [0.1, 0.15) is 17.5 Å². The van der Waals surface area contributed by atoms with Gasteiger partial charge in [0.15, 0.2) is 0 Å². The highest BCUT2D eigenvalue weighted by atomic mass is 19.4. The fraction of sp³-hybridized carbons (Fsp3) is 0.450. The van der Waals surface area contributed by atoms with Crippen molar-refractivity contribution < 1.29 is 18.3 Å². The minimum atomic E-state index is -4.38. The van der Waals surface area contributed by atoms with E-state index in [0.29, 0.717) is 25.3 Å². The molecule has 146 valence electrons. The fourth-order valence-corrected chi connectivity index (χ4v) is 3.50. The molecule has 1 unspecified atom stereocenters. The van der Waals surface area contributed by atoms with Crippen molar-refractivity contribution in [1.82, 2.24) is 9.88 Å². The molecule has 4 nitrogen and oxygen atoms in total. The van der Waals surface area contributed by atoms with Crippen LogP contribution in [-0.4, -0.2) is 53.8 Å². The molecule has 3 rings (SSSR count). The molecule has 0 radical (unpaired) electrons. The van der Waals surface area contributed by atoms with Gasteiger partial charge >= 0.3 is 6.18 Å². The second kappa shape index (κ2) is 8.71. The largest absolute Gasteiger partial charge is 0.416 e. The number of anilines is 1. The normalized spacial score (nSPS) is 18.7. The summed E-state index contributed by atoms with van der Waals surface area (Å²) in [6.07, 6.45) is -1.67. The summed E-state index contributed by atoms with van der Waals surface area (Å²) in [5.74, 6) is 0.343. The van der Waals surface area contributed by atoms with Crippen LogP contribution >= 0.6 is 0 Å². The number of hydrogen-bond donors (Lipinski definition) is 1. The Balaban J connectivity index is 1.66. The number of piperazine rings is 1. The van der Waals surface area contributed by atoms with E-state index in [1.807, 2.05) is 23.1 Å². The van der Waals surface area contributed by atoms with E-state index in [0.717, 1.165) is 31.6 Å². The van der Waals surface area contributed by atoms with Crippen molar-refractivity contribution in [2.24, 2.45) is 0 Å². The zero-order chi connectivity index (χ0) is 19.3. The first-order chi connectivity index (χ1) is 13.0. The molecule has 0 bridgehead atoms. The number of aromatic nitrogens is 1. The minimum absolute atomic E-state index is 0.0519. The lowest BCUT2D eigenvalue weighted by atomic mass is 10.1. The molecule has 2 aromatic rings. The number of benzene rings is 1. The number of aliphatic hydroxyl groups is 1. The van der Waals surface area contributed by atoms with Crippen LogP contribution < -0.4 is 4.90 Å². The number of rotatable bonds is 6. The Morgan fingerprint density at radius 3 is 2.59 bits per heavy atom. The summed E-state index contributed by atoms with van der Waals surface area (Å²) >= 11 is 0. The second-order valence-corrected chi connectivity index (χ2v) is 6.78. The number of alkyl halides is 3. The maximum absolute atomic E-state index is 13.0. The maximum Gasteiger partial charge on any atom is 0.416 e. The van der Waals surface area contributed by atoms with Gasteiger partial charge in [0.05, 0.1) is 5.56 Å². The molecule has 0 aliphatic carbocycles. The molecule has 0 saturated carbocycles. The highest BCUT2D eigenvalue weighted by Gasteiger charge is 2.32. The number of aliphatic hydroxyl groups excluding tert-OH is 1. The molecule has 1 aliphatic heterocycles. The first-order valence-corrected chi connectivity index (χ1v) is 9.14. The average Bonchev–Trinajstić information content (AvgIpc) is 2.67. The van der Waals surface area contributed by atoms with Crippen molar-refractivity contribution in [1.29, 1.82) is 0 Å². The quantitative estimate of drug-likeness (QED) is 0.837. The number of halogens is 3. The summed E-state index contributed by atoms with van der Waals surface area (Å²) in [5.41, 5.74) is 0.569. The third-order valence-electron chi connectivity index (χ3n) is 4.99. The van der Waals surface area contributed by atoms with Gasteiger partial charge in [-0.25, -0.2) is 4.98 Å². The number of hydrogen-bond acceptors (Lipinski definition) is 4. The maximum atomic E-state index is 13.0. The van der Waals surface area contributed by atoms with E-state index in [1.165, 1.54) is 11.8 Å². The van der Waals surface area contributed by atoms with E-state index in [-0.39, 0.29) is 12.6 Å². The Morgan fingerprint density at radius 1 is 1.11 bits per heavy atom. The lowest BCUT2D eigenvalue weighted by Gasteiger charge is -2.42. The molecule has 2 heterocycles. The van der Waals surface area contributed by atoms with Crippen LogP contribution in [0.5, 0.6) is 0 Å². The van der Waals surface area contributed by atoms with Crippen LogP contribution in [0.25, 0.3) is 0 Å². The summed E-state index contributed by atoms with van der Waals surface area (Å²) in [5, 5.41) is 9.42. The van der Waals surface area contributed by atoms with Gasteiger partial charge in [-0.1, -0.05) is 30.3 Å². The van der Waals surface area contributed by atoms with Gasteiger partial charge in [-0.15, -0.1) is 0 Å². The molecule has 27 heavy (non-hydrogen) atoms. The smallest absolute Gasteiger partial charge is 0.396 e. The van der Waals surface area contributed by atoms with Gasteiger partial charge in [0.25, 0.3) is 0 Å². The van der Waals surface area contributed by atoms with Crippen molar-refractivity contribution in [3.63, 3.8) is 0 Å². The van der Waals surface area contributed by atoms with Gasteiger partial charge in [-0.3, -0.25) is 4.90 Å². The van der Waals surface area contributed by atoms with E-state index in [9.17, 15) is 18.3 Å². The Kier molecular flexibility index (Phi) is 6.34. The minimum Gasteiger partial charge on any atom is -0.396 e. The molecule has 1 aromatic heterocycles. The SMILES string of the molecule is OCCC1CN(c2cc(C(F)(F)F)ccn2)CCN1CCc1ccccc1. The van der Waals surface area contributed by atoms with Gasteiger partial charge < -0.3 is 10.0 Å². The van der Waals surface area contributed by atoms with Crippen molar-refractivity contribution >= 4 is 5.82 Å². The molecule has 1 saturated heterocycles. The highest BCUT2D eigenvalue weighted by molar-refractivity contribution is 5.42. The van der Waals surface area contributed by atoms with Gasteiger partial charge in [-0.05, 0) is 30.5 Å². The van der Waals surface area contributed by atoms with Crippen molar-refractivity contribution in [3.05, 3.63) is 59.8 Å². The molecule has 1 N–H and O–H groups in total. The fourth-order valence-electron chi connectivity index (χ4n) is 3.50. The first-order valence-electron chi connectivity index (χ1n) is 9.14. The number of nitrogens with zero attached hydrogens (tertiary/aromatic N) is 3. The molecule has 1 atom stereocenters. The van der Waals surface area contributed by atoms with Crippen LogP contribution in [-0.2, 0) is 12.6 Å². The predicted molar refractivity (Wildman–Crippen MR) is 98.7 cm³/mol. The summed E-state index contributed by atoms with van der Waals surface area (Å²) in [4.78, 5) is 8.33. The van der Waals surface area contributed by atoms with Crippen LogP contribution in [0.15, 0.2) is 48.7 Å². The van der Waals surface area contributed by atoms with Gasteiger partial charge in [0, 0.05) is 45.0 Å². The lowest BCUT2D eigenvalue weighted by Crippen LogP contribution is -2.54. The van der Waals surface area contributed by atoms with E-state index in [4.69, 9.17) is 0 Å². The molecule has 0 amide bonds. The molecular weight excluding hydrogens is 355 g/mol. The summed E-state index contributed by atoms with van der Waals surface area (Å²) in [7, 11) is 0. The zero-order valence-electron chi connectivity index (χ0n) is 15.1. The first kappa shape index (κ1) is 19.6. The predicted octanol–water partition coefficient (Wildman–Crippen LogP) is 3.22. The van der Waals surface area contributed by atoms with Gasteiger partial charge in [0.1, 0.15) is 5.82 Å². The van der Waals surface area contributed by atoms with Crippen LogP contribution in [0.3, 0.4) is 0 Å². The summed E-state index contributed by atoms with van der Waals surface area (Å²) in [6, 6.07) is 12.4. The second-order valence-electron chi connectivity index (χ2n) is 6.78. The van der Waals surface area contributed by atoms with E-state index in [1.54, 1.807) is 0 Å². The van der Waals surface area contributed by atoms with Gasteiger partial charge in [0.2, 0.25) is 0 Å².